The van der Waals surface area contributed by atoms with Gasteiger partial charge in [0.1, 0.15) is 5.82 Å². The minimum Gasteiger partial charge on any atom is -0.394 e. The average molecular weight is 178 g/mol. The third-order valence-corrected chi connectivity index (χ3v) is 2.46. The van der Waals surface area contributed by atoms with Gasteiger partial charge in [-0.25, -0.2) is 4.98 Å². The number of hydrogen-bond acceptors (Lipinski definition) is 3. The van der Waals surface area contributed by atoms with Crippen LogP contribution in [0.4, 0.5) is 5.82 Å². The Hall–Kier alpha value is -1.09. The highest BCUT2D eigenvalue weighted by atomic mass is 16.3. The molecule has 0 radical (unpaired) electrons. The molecule has 1 heterocycles. The summed E-state index contributed by atoms with van der Waals surface area (Å²) in [6.45, 7) is 2.21. The van der Waals surface area contributed by atoms with Gasteiger partial charge in [0, 0.05) is 6.20 Å². The number of pyridine rings is 1. The van der Waals surface area contributed by atoms with E-state index in [-0.39, 0.29) is 12.1 Å². The van der Waals surface area contributed by atoms with E-state index in [1.807, 2.05) is 25.3 Å². The van der Waals surface area contributed by atoms with Crippen molar-refractivity contribution in [2.45, 2.75) is 25.3 Å². The fraction of sp³-hybridized carbons (Fsp3) is 0.500. The first-order valence-electron chi connectivity index (χ1n) is 4.56. The summed E-state index contributed by atoms with van der Waals surface area (Å²) >= 11 is 0. The van der Waals surface area contributed by atoms with Crippen LogP contribution < -0.4 is 5.32 Å². The van der Waals surface area contributed by atoms with Crippen molar-refractivity contribution in [2.24, 2.45) is 0 Å². The molecule has 1 aromatic rings. The van der Waals surface area contributed by atoms with Crippen molar-refractivity contribution in [3.8, 4) is 0 Å². The van der Waals surface area contributed by atoms with Gasteiger partial charge in [-0.2, -0.15) is 0 Å². The molecule has 0 spiro atoms. The first kappa shape index (κ1) is 8.51. The predicted octanol–water partition coefficient (Wildman–Crippen LogP) is 1.33. The third kappa shape index (κ3) is 1.80. The molecule has 2 rings (SSSR count). The van der Waals surface area contributed by atoms with Crippen LogP contribution in [0, 0.1) is 6.92 Å². The van der Waals surface area contributed by atoms with Gasteiger partial charge in [0.15, 0.2) is 0 Å². The van der Waals surface area contributed by atoms with Crippen LogP contribution in [0.2, 0.25) is 0 Å². The molecule has 3 nitrogen and oxygen atoms in total. The molecule has 1 saturated carbocycles. The summed E-state index contributed by atoms with van der Waals surface area (Å²) in [5.41, 5.74) is 1.09. The molecule has 2 N–H and O–H groups in total. The van der Waals surface area contributed by atoms with Crippen LogP contribution in [-0.2, 0) is 0 Å². The molecule has 0 bridgehead atoms. The van der Waals surface area contributed by atoms with E-state index in [9.17, 15) is 0 Å². The molecule has 0 aromatic carbocycles. The Morgan fingerprint density at radius 3 is 2.77 bits per heavy atom. The SMILES string of the molecule is Cc1ccc(NC2(CO)CC2)nc1. The second-order valence-corrected chi connectivity index (χ2v) is 3.78. The van der Waals surface area contributed by atoms with Crippen LogP contribution in [0.3, 0.4) is 0 Å². The molecule has 0 unspecified atom stereocenters. The van der Waals surface area contributed by atoms with Gasteiger partial charge in [-0.1, -0.05) is 6.07 Å². The van der Waals surface area contributed by atoms with Gasteiger partial charge in [0.2, 0.25) is 0 Å². The lowest BCUT2D eigenvalue weighted by Crippen LogP contribution is -2.25. The van der Waals surface area contributed by atoms with Crippen LogP contribution in [0.5, 0.6) is 0 Å². The molecule has 1 aliphatic carbocycles. The fourth-order valence-electron chi connectivity index (χ4n) is 1.29. The van der Waals surface area contributed by atoms with Crippen LogP contribution >= 0.6 is 0 Å². The van der Waals surface area contributed by atoms with Gasteiger partial charge in [-0.05, 0) is 31.4 Å². The summed E-state index contributed by atoms with van der Waals surface area (Å²) in [4.78, 5) is 4.23. The smallest absolute Gasteiger partial charge is 0.126 e. The predicted molar refractivity (Wildman–Crippen MR) is 51.6 cm³/mol. The lowest BCUT2D eigenvalue weighted by molar-refractivity contribution is 0.266. The zero-order valence-corrected chi connectivity index (χ0v) is 7.75. The summed E-state index contributed by atoms with van der Waals surface area (Å²) in [5.74, 6) is 0.858. The van der Waals surface area contributed by atoms with Gasteiger partial charge in [-0.15, -0.1) is 0 Å². The molecule has 13 heavy (non-hydrogen) atoms. The molecule has 1 aliphatic rings. The van der Waals surface area contributed by atoms with E-state index in [0.717, 1.165) is 24.2 Å². The zero-order chi connectivity index (χ0) is 9.31. The van der Waals surface area contributed by atoms with Gasteiger partial charge in [0.05, 0.1) is 12.1 Å². The number of nitrogens with zero attached hydrogens (tertiary/aromatic N) is 1. The molecule has 0 amide bonds. The Morgan fingerprint density at radius 1 is 1.54 bits per heavy atom. The van der Waals surface area contributed by atoms with Crippen molar-refractivity contribution in [1.29, 1.82) is 0 Å². The summed E-state index contributed by atoms with van der Waals surface area (Å²) in [7, 11) is 0. The standard InChI is InChI=1S/C10H14N2O/c1-8-2-3-9(11-6-8)12-10(7-13)4-5-10/h2-3,6,13H,4-5,7H2,1H3,(H,11,12). The first-order chi connectivity index (χ1) is 6.24. The van der Waals surface area contributed by atoms with Crippen molar-refractivity contribution in [3.05, 3.63) is 23.9 Å². The number of aryl methyl sites for hydroxylation is 1. The summed E-state index contributed by atoms with van der Waals surface area (Å²) in [5, 5.41) is 12.3. The van der Waals surface area contributed by atoms with E-state index in [1.54, 1.807) is 0 Å². The molecule has 0 aliphatic heterocycles. The van der Waals surface area contributed by atoms with E-state index in [4.69, 9.17) is 5.11 Å². The minimum atomic E-state index is -0.0672. The van der Waals surface area contributed by atoms with Crippen molar-refractivity contribution < 1.29 is 5.11 Å². The van der Waals surface area contributed by atoms with Crippen molar-refractivity contribution in [2.75, 3.05) is 11.9 Å². The molecule has 0 atom stereocenters. The lowest BCUT2D eigenvalue weighted by atomic mass is 10.2. The van der Waals surface area contributed by atoms with E-state index in [1.165, 1.54) is 0 Å². The van der Waals surface area contributed by atoms with E-state index in [2.05, 4.69) is 10.3 Å². The van der Waals surface area contributed by atoms with Crippen LogP contribution in [0.15, 0.2) is 18.3 Å². The molecular formula is C10H14N2O. The molecule has 3 heteroatoms. The normalized spacial score (nSPS) is 18.3. The number of anilines is 1. The number of rotatable bonds is 3. The Kier molecular flexibility index (Phi) is 1.96. The maximum absolute atomic E-state index is 9.08. The van der Waals surface area contributed by atoms with Gasteiger partial charge in [-0.3, -0.25) is 0 Å². The Labute approximate surface area is 77.8 Å². The van der Waals surface area contributed by atoms with Gasteiger partial charge >= 0.3 is 0 Å². The zero-order valence-electron chi connectivity index (χ0n) is 7.75. The highest BCUT2D eigenvalue weighted by Crippen LogP contribution is 2.37. The third-order valence-electron chi connectivity index (χ3n) is 2.46. The van der Waals surface area contributed by atoms with Crippen LogP contribution in [0.1, 0.15) is 18.4 Å². The number of aliphatic hydroxyl groups is 1. The molecular weight excluding hydrogens is 164 g/mol. The second-order valence-electron chi connectivity index (χ2n) is 3.78. The van der Waals surface area contributed by atoms with E-state index < -0.39 is 0 Å². The first-order valence-corrected chi connectivity index (χ1v) is 4.56. The quantitative estimate of drug-likeness (QED) is 0.734. The summed E-state index contributed by atoms with van der Waals surface area (Å²) < 4.78 is 0. The maximum atomic E-state index is 9.08. The van der Waals surface area contributed by atoms with Crippen molar-refractivity contribution in [3.63, 3.8) is 0 Å². The van der Waals surface area contributed by atoms with E-state index in [0.29, 0.717) is 0 Å². The summed E-state index contributed by atoms with van der Waals surface area (Å²) in [6.07, 6.45) is 3.91. The highest BCUT2D eigenvalue weighted by Gasteiger charge is 2.42. The lowest BCUT2D eigenvalue weighted by Gasteiger charge is -2.14. The highest BCUT2D eigenvalue weighted by molar-refractivity contribution is 5.41. The van der Waals surface area contributed by atoms with Gasteiger partial charge < -0.3 is 10.4 Å². The largest absolute Gasteiger partial charge is 0.394 e. The topological polar surface area (TPSA) is 45.1 Å². The van der Waals surface area contributed by atoms with Crippen LogP contribution in [-0.4, -0.2) is 22.2 Å². The van der Waals surface area contributed by atoms with Crippen LogP contribution in [0.25, 0.3) is 0 Å². The summed E-state index contributed by atoms with van der Waals surface area (Å²) in [6, 6.07) is 3.97. The fourth-order valence-corrected chi connectivity index (χ4v) is 1.29. The molecule has 1 aromatic heterocycles. The Balaban J connectivity index is 2.06. The Morgan fingerprint density at radius 2 is 2.31 bits per heavy atom. The van der Waals surface area contributed by atoms with Crippen molar-refractivity contribution >= 4 is 5.82 Å². The molecule has 1 fully saturated rings. The minimum absolute atomic E-state index is 0.0672. The molecule has 0 saturated heterocycles. The van der Waals surface area contributed by atoms with Gasteiger partial charge in [0.25, 0.3) is 0 Å². The number of nitrogens with one attached hydrogen (secondary N) is 1. The average Bonchev–Trinajstić information content (AvgIpc) is 2.90. The number of hydrogen-bond donors (Lipinski definition) is 2. The Bertz CT molecular complexity index is 290. The second kappa shape index (κ2) is 3.00. The number of aliphatic hydroxyl groups excluding tert-OH is 1. The monoisotopic (exact) mass is 178 g/mol. The van der Waals surface area contributed by atoms with Crippen molar-refractivity contribution in [1.82, 2.24) is 4.98 Å². The molecule has 70 valence electrons. The maximum Gasteiger partial charge on any atom is 0.126 e. The van der Waals surface area contributed by atoms with E-state index >= 15 is 0 Å². The number of aromatic nitrogens is 1.